The van der Waals surface area contributed by atoms with E-state index < -0.39 is 0 Å². The Hall–Kier alpha value is -0.860. The first-order chi connectivity index (χ1) is 7.66. The molecule has 2 rings (SSSR count). The molecule has 3 heteroatoms. The van der Waals surface area contributed by atoms with Gasteiger partial charge >= 0.3 is 0 Å². The molecule has 1 fully saturated rings. The molecule has 0 radical (unpaired) electrons. The van der Waals surface area contributed by atoms with Gasteiger partial charge in [-0.3, -0.25) is 4.79 Å². The molecule has 0 saturated carbocycles. The average Bonchev–Trinajstić information content (AvgIpc) is 2.69. The number of halogens is 1. The maximum atomic E-state index is 11.0. The summed E-state index contributed by atoms with van der Waals surface area (Å²) >= 11 is 6.23. The molecule has 2 nitrogen and oxygen atoms in total. The fourth-order valence-corrected chi connectivity index (χ4v) is 2.44. The molecule has 1 aliphatic heterocycles. The maximum absolute atomic E-state index is 11.0. The Morgan fingerprint density at radius 2 is 2.38 bits per heavy atom. The number of Topliss-reactive ketones (excluding diaryl/α,β-unsaturated/α-hetero) is 1. The highest BCUT2D eigenvalue weighted by atomic mass is 35.5. The molecule has 1 saturated heterocycles. The van der Waals surface area contributed by atoms with E-state index in [1.807, 2.05) is 18.2 Å². The third kappa shape index (κ3) is 2.63. The van der Waals surface area contributed by atoms with Crippen molar-refractivity contribution in [1.82, 2.24) is 0 Å². The van der Waals surface area contributed by atoms with Crippen molar-refractivity contribution in [2.45, 2.75) is 25.7 Å². The van der Waals surface area contributed by atoms with Crippen molar-refractivity contribution in [3.05, 3.63) is 34.3 Å². The molecule has 0 aromatic heterocycles. The van der Waals surface area contributed by atoms with Crippen LogP contribution in [0.4, 0.5) is 0 Å². The van der Waals surface area contributed by atoms with Crippen LogP contribution in [0.25, 0.3) is 0 Å². The number of hydrogen-bond acceptors (Lipinski definition) is 2. The molecule has 1 atom stereocenters. The number of carbonyl (C=O) groups excluding carboxylic acids is 1. The monoisotopic (exact) mass is 238 g/mol. The van der Waals surface area contributed by atoms with E-state index in [1.165, 1.54) is 0 Å². The highest BCUT2D eigenvalue weighted by molar-refractivity contribution is 6.31. The molecule has 0 N–H and O–H groups in total. The van der Waals surface area contributed by atoms with Gasteiger partial charge in [-0.25, -0.2) is 0 Å². The van der Waals surface area contributed by atoms with Gasteiger partial charge in [-0.2, -0.15) is 0 Å². The Labute approximate surface area is 101 Å². The van der Waals surface area contributed by atoms with Gasteiger partial charge in [0, 0.05) is 24.0 Å². The summed E-state index contributed by atoms with van der Waals surface area (Å²) in [6.45, 7) is 3.16. The van der Waals surface area contributed by atoms with Gasteiger partial charge in [0.2, 0.25) is 0 Å². The molecular formula is C13H15ClO2. The fourth-order valence-electron chi connectivity index (χ4n) is 2.08. The SMILES string of the molecule is CC(=O)Cc1ccc(C2CCOC2)c(Cl)c1. The lowest BCUT2D eigenvalue weighted by atomic mass is 9.96. The molecule has 1 aromatic carbocycles. The maximum Gasteiger partial charge on any atom is 0.134 e. The molecule has 86 valence electrons. The Bertz CT molecular complexity index is 395. The minimum atomic E-state index is 0.160. The zero-order valence-corrected chi connectivity index (χ0v) is 10.1. The summed E-state index contributed by atoms with van der Waals surface area (Å²) in [7, 11) is 0. The molecule has 0 amide bonds. The summed E-state index contributed by atoms with van der Waals surface area (Å²) in [5.74, 6) is 0.576. The molecule has 1 aliphatic rings. The predicted octanol–water partition coefficient (Wildman–Crippen LogP) is 2.98. The van der Waals surface area contributed by atoms with E-state index >= 15 is 0 Å². The lowest BCUT2D eigenvalue weighted by molar-refractivity contribution is -0.116. The minimum absolute atomic E-state index is 0.160. The van der Waals surface area contributed by atoms with Crippen molar-refractivity contribution < 1.29 is 9.53 Å². The number of carbonyl (C=O) groups is 1. The van der Waals surface area contributed by atoms with E-state index in [9.17, 15) is 4.79 Å². The zero-order valence-electron chi connectivity index (χ0n) is 9.33. The van der Waals surface area contributed by atoms with Crippen LogP contribution in [0.5, 0.6) is 0 Å². The first kappa shape index (κ1) is 11.6. The van der Waals surface area contributed by atoms with Gasteiger partial charge in [0.15, 0.2) is 0 Å². The molecule has 0 aliphatic carbocycles. The summed E-state index contributed by atoms with van der Waals surface area (Å²) in [5.41, 5.74) is 2.13. The summed E-state index contributed by atoms with van der Waals surface area (Å²) in [6.07, 6.45) is 1.49. The van der Waals surface area contributed by atoms with Crippen molar-refractivity contribution in [1.29, 1.82) is 0 Å². The number of ether oxygens (including phenoxy) is 1. The average molecular weight is 239 g/mol. The highest BCUT2D eigenvalue weighted by Crippen LogP contribution is 2.31. The van der Waals surface area contributed by atoms with Crippen LogP contribution in [0, 0.1) is 0 Å². The van der Waals surface area contributed by atoms with Crippen molar-refractivity contribution >= 4 is 17.4 Å². The van der Waals surface area contributed by atoms with E-state index in [2.05, 4.69) is 0 Å². The summed E-state index contributed by atoms with van der Waals surface area (Å²) in [6, 6.07) is 5.91. The lowest BCUT2D eigenvalue weighted by Crippen LogP contribution is -2.01. The largest absolute Gasteiger partial charge is 0.381 e. The molecule has 1 heterocycles. The van der Waals surface area contributed by atoms with Crippen molar-refractivity contribution in [3.8, 4) is 0 Å². The van der Waals surface area contributed by atoms with Crippen LogP contribution in [0.2, 0.25) is 5.02 Å². The Kier molecular flexibility index (Phi) is 3.62. The van der Waals surface area contributed by atoms with Gasteiger partial charge in [0.25, 0.3) is 0 Å². The van der Waals surface area contributed by atoms with Crippen LogP contribution in [-0.4, -0.2) is 19.0 Å². The van der Waals surface area contributed by atoms with Crippen LogP contribution in [0.15, 0.2) is 18.2 Å². The predicted molar refractivity (Wildman–Crippen MR) is 64.0 cm³/mol. The molecule has 0 bridgehead atoms. The van der Waals surface area contributed by atoms with Crippen LogP contribution in [0.3, 0.4) is 0 Å². The highest BCUT2D eigenvalue weighted by Gasteiger charge is 2.20. The second kappa shape index (κ2) is 4.98. The van der Waals surface area contributed by atoms with Crippen LogP contribution >= 0.6 is 11.6 Å². The number of benzene rings is 1. The fraction of sp³-hybridized carbons (Fsp3) is 0.462. The summed E-state index contributed by atoms with van der Waals surface area (Å²) in [4.78, 5) is 11.0. The molecular weight excluding hydrogens is 224 g/mol. The van der Waals surface area contributed by atoms with Crippen LogP contribution in [-0.2, 0) is 16.0 Å². The van der Waals surface area contributed by atoms with Gasteiger partial charge < -0.3 is 4.74 Å². The quantitative estimate of drug-likeness (QED) is 0.809. The van der Waals surface area contributed by atoms with Crippen LogP contribution < -0.4 is 0 Å². The number of rotatable bonds is 3. The lowest BCUT2D eigenvalue weighted by Gasteiger charge is -2.11. The van der Waals surface area contributed by atoms with Crippen molar-refractivity contribution in [2.75, 3.05) is 13.2 Å². The summed E-state index contributed by atoms with van der Waals surface area (Å²) < 4.78 is 5.35. The van der Waals surface area contributed by atoms with E-state index in [-0.39, 0.29) is 5.78 Å². The smallest absolute Gasteiger partial charge is 0.134 e. The first-order valence-corrected chi connectivity index (χ1v) is 5.90. The molecule has 16 heavy (non-hydrogen) atoms. The number of hydrogen-bond donors (Lipinski definition) is 0. The van der Waals surface area contributed by atoms with Gasteiger partial charge in [-0.1, -0.05) is 23.7 Å². The topological polar surface area (TPSA) is 26.3 Å². The Morgan fingerprint density at radius 1 is 1.56 bits per heavy atom. The molecule has 1 aromatic rings. The zero-order chi connectivity index (χ0) is 11.5. The Balaban J connectivity index is 2.18. The Morgan fingerprint density at radius 3 is 2.94 bits per heavy atom. The second-order valence-electron chi connectivity index (χ2n) is 4.30. The first-order valence-electron chi connectivity index (χ1n) is 5.52. The standard InChI is InChI=1S/C13H15ClO2/c1-9(15)6-10-2-3-12(13(14)7-10)11-4-5-16-8-11/h2-3,7,11H,4-6,8H2,1H3. The van der Waals surface area contributed by atoms with Crippen molar-refractivity contribution in [3.63, 3.8) is 0 Å². The van der Waals surface area contributed by atoms with E-state index in [4.69, 9.17) is 16.3 Å². The van der Waals surface area contributed by atoms with E-state index in [0.717, 1.165) is 35.8 Å². The van der Waals surface area contributed by atoms with Gasteiger partial charge in [0.1, 0.15) is 5.78 Å². The van der Waals surface area contributed by atoms with Crippen molar-refractivity contribution in [2.24, 2.45) is 0 Å². The van der Waals surface area contributed by atoms with Crippen LogP contribution in [0.1, 0.15) is 30.4 Å². The van der Waals surface area contributed by atoms with Gasteiger partial charge in [-0.05, 0) is 30.5 Å². The normalized spacial score (nSPS) is 20.0. The third-order valence-corrected chi connectivity index (χ3v) is 3.21. The van der Waals surface area contributed by atoms with Gasteiger partial charge in [0.05, 0.1) is 6.61 Å². The summed E-state index contributed by atoms with van der Waals surface area (Å²) in [5, 5.41) is 0.759. The second-order valence-corrected chi connectivity index (χ2v) is 4.70. The van der Waals surface area contributed by atoms with E-state index in [0.29, 0.717) is 12.3 Å². The van der Waals surface area contributed by atoms with E-state index in [1.54, 1.807) is 6.92 Å². The van der Waals surface area contributed by atoms with Gasteiger partial charge in [-0.15, -0.1) is 0 Å². The molecule has 0 spiro atoms. The number of ketones is 1. The molecule has 1 unspecified atom stereocenters. The minimum Gasteiger partial charge on any atom is -0.381 e. The third-order valence-electron chi connectivity index (χ3n) is 2.89.